The van der Waals surface area contributed by atoms with Gasteiger partial charge in [-0.25, -0.2) is 13.4 Å². The fraction of sp³-hybridized carbons (Fsp3) is 0.250. The van der Waals surface area contributed by atoms with E-state index in [2.05, 4.69) is 9.88 Å². The standard InChI is InChI=1S/C16H16N4O2S/c17-13-14-4-3-5-15(12-14)23(21,22)20-10-8-19(9-11-20)16-6-1-2-7-18-16/h1-7,12H,8-11H2. The Morgan fingerprint density at radius 2 is 1.83 bits per heavy atom. The lowest BCUT2D eigenvalue weighted by Crippen LogP contribution is -2.48. The van der Waals surface area contributed by atoms with Crippen LogP contribution < -0.4 is 4.90 Å². The number of aromatic nitrogens is 1. The van der Waals surface area contributed by atoms with Gasteiger partial charge in [0, 0.05) is 32.4 Å². The van der Waals surface area contributed by atoms with Crippen LogP contribution >= 0.6 is 0 Å². The van der Waals surface area contributed by atoms with Crippen LogP contribution in [0.5, 0.6) is 0 Å². The number of nitriles is 1. The van der Waals surface area contributed by atoms with E-state index in [0.29, 0.717) is 31.7 Å². The second-order valence-electron chi connectivity index (χ2n) is 5.22. The molecule has 1 fully saturated rings. The molecule has 0 aliphatic carbocycles. The van der Waals surface area contributed by atoms with Crippen LogP contribution in [-0.4, -0.2) is 43.9 Å². The fourth-order valence-electron chi connectivity index (χ4n) is 2.57. The van der Waals surface area contributed by atoms with Gasteiger partial charge in [-0.15, -0.1) is 0 Å². The number of piperazine rings is 1. The molecule has 1 aliphatic rings. The van der Waals surface area contributed by atoms with Gasteiger partial charge in [0.25, 0.3) is 0 Å². The van der Waals surface area contributed by atoms with Crippen molar-refractivity contribution in [1.29, 1.82) is 5.26 Å². The third kappa shape index (κ3) is 3.18. The van der Waals surface area contributed by atoms with Gasteiger partial charge in [0.15, 0.2) is 0 Å². The van der Waals surface area contributed by atoms with Gasteiger partial charge >= 0.3 is 0 Å². The number of hydrogen-bond donors (Lipinski definition) is 0. The third-order valence-corrected chi connectivity index (χ3v) is 5.71. The molecule has 0 N–H and O–H groups in total. The van der Waals surface area contributed by atoms with Gasteiger partial charge in [-0.2, -0.15) is 9.57 Å². The van der Waals surface area contributed by atoms with Crippen LogP contribution in [0.4, 0.5) is 5.82 Å². The lowest BCUT2D eigenvalue weighted by Gasteiger charge is -2.34. The van der Waals surface area contributed by atoms with Crippen LogP contribution in [0.2, 0.25) is 0 Å². The Labute approximate surface area is 135 Å². The van der Waals surface area contributed by atoms with Gasteiger partial charge in [-0.3, -0.25) is 0 Å². The summed E-state index contributed by atoms with van der Waals surface area (Å²) in [5.41, 5.74) is 0.346. The highest BCUT2D eigenvalue weighted by atomic mass is 32.2. The van der Waals surface area contributed by atoms with Crippen molar-refractivity contribution in [3.63, 3.8) is 0 Å². The van der Waals surface area contributed by atoms with Crippen molar-refractivity contribution < 1.29 is 8.42 Å². The molecule has 2 heterocycles. The van der Waals surface area contributed by atoms with Gasteiger partial charge in [-0.05, 0) is 30.3 Å². The molecule has 2 aromatic rings. The second-order valence-corrected chi connectivity index (χ2v) is 7.16. The van der Waals surface area contributed by atoms with Crippen LogP contribution in [0.25, 0.3) is 0 Å². The van der Waals surface area contributed by atoms with Gasteiger partial charge < -0.3 is 4.90 Å². The first kappa shape index (κ1) is 15.5. The first-order valence-corrected chi connectivity index (χ1v) is 8.71. The average Bonchev–Trinajstić information content (AvgIpc) is 2.62. The molecule has 0 atom stereocenters. The summed E-state index contributed by atoms with van der Waals surface area (Å²) in [6.07, 6.45) is 1.73. The highest BCUT2D eigenvalue weighted by Crippen LogP contribution is 2.20. The molecule has 1 aromatic carbocycles. The summed E-state index contributed by atoms with van der Waals surface area (Å²) in [6, 6.07) is 13.8. The number of nitrogens with zero attached hydrogens (tertiary/aromatic N) is 4. The molecule has 1 saturated heterocycles. The topological polar surface area (TPSA) is 77.3 Å². The number of sulfonamides is 1. The highest BCUT2D eigenvalue weighted by molar-refractivity contribution is 7.89. The Kier molecular flexibility index (Phi) is 4.28. The van der Waals surface area contributed by atoms with Crippen molar-refractivity contribution >= 4 is 15.8 Å². The van der Waals surface area contributed by atoms with Crippen molar-refractivity contribution in [1.82, 2.24) is 9.29 Å². The molecular formula is C16H16N4O2S. The molecule has 23 heavy (non-hydrogen) atoms. The summed E-state index contributed by atoms with van der Waals surface area (Å²) in [6.45, 7) is 1.98. The summed E-state index contributed by atoms with van der Waals surface area (Å²) >= 11 is 0. The number of hydrogen-bond acceptors (Lipinski definition) is 5. The van der Waals surface area contributed by atoms with E-state index in [4.69, 9.17) is 5.26 Å². The average molecular weight is 328 g/mol. The van der Waals surface area contributed by atoms with Crippen molar-refractivity contribution in [3.05, 3.63) is 54.2 Å². The Balaban J connectivity index is 1.75. The summed E-state index contributed by atoms with van der Waals surface area (Å²) in [5.74, 6) is 0.857. The molecule has 0 amide bonds. The quantitative estimate of drug-likeness (QED) is 0.852. The number of benzene rings is 1. The lowest BCUT2D eigenvalue weighted by molar-refractivity contribution is 0.384. The number of anilines is 1. The summed E-state index contributed by atoms with van der Waals surface area (Å²) < 4.78 is 26.8. The number of pyridine rings is 1. The van der Waals surface area contributed by atoms with Crippen LogP contribution in [0, 0.1) is 11.3 Å². The molecule has 0 unspecified atom stereocenters. The second kappa shape index (κ2) is 6.36. The first-order valence-electron chi connectivity index (χ1n) is 7.27. The molecule has 1 aromatic heterocycles. The highest BCUT2D eigenvalue weighted by Gasteiger charge is 2.28. The Bertz CT molecular complexity index is 823. The SMILES string of the molecule is N#Cc1cccc(S(=O)(=O)N2CCN(c3ccccn3)CC2)c1. The minimum Gasteiger partial charge on any atom is -0.354 e. The van der Waals surface area contributed by atoms with Crippen LogP contribution in [0.3, 0.4) is 0 Å². The van der Waals surface area contributed by atoms with Crippen molar-refractivity contribution in [2.24, 2.45) is 0 Å². The van der Waals surface area contributed by atoms with Gasteiger partial charge in [-0.1, -0.05) is 12.1 Å². The van der Waals surface area contributed by atoms with E-state index < -0.39 is 10.0 Å². The predicted octanol–water partition coefficient (Wildman–Crippen LogP) is 1.46. The molecular weight excluding hydrogens is 312 g/mol. The van der Waals surface area contributed by atoms with Crippen LogP contribution in [0.1, 0.15) is 5.56 Å². The maximum atomic E-state index is 12.7. The molecule has 118 valence electrons. The number of rotatable bonds is 3. The molecule has 0 spiro atoms. The molecule has 0 saturated carbocycles. The van der Waals surface area contributed by atoms with Gasteiger partial charge in [0.1, 0.15) is 5.82 Å². The normalized spacial score (nSPS) is 16.0. The molecule has 0 bridgehead atoms. The van der Waals surface area contributed by atoms with E-state index in [1.54, 1.807) is 18.3 Å². The Morgan fingerprint density at radius 1 is 1.04 bits per heavy atom. The van der Waals surface area contributed by atoms with Gasteiger partial charge in [0.2, 0.25) is 10.0 Å². The summed E-state index contributed by atoms with van der Waals surface area (Å²) in [4.78, 5) is 6.53. The molecule has 6 nitrogen and oxygen atoms in total. The summed E-state index contributed by atoms with van der Waals surface area (Å²) in [5, 5.41) is 8.93. The molecule has 1 aliphatic heterocycles. The van der Waals surface area contributed by atoms with E-state index in [-0.39, 0.29) is 4.90 Å². The lowest BCUT2D eigenvalue weighted by atomic mass is 10.2. The monoisotopic (exact) mass is 328 g/mol. The maximum absolute atomic E-state index is 12.7. The van der Waals surface area contributed by atoms with E-state index >= 15 is 0 Å². The molecule has 7 heteroatoms. The van der Waals surface area contributed by atoms with Crippen molar-refractivity contribution in [2.45, 2.75) is 4.90 Å². The van der Waals surface area contributed by atoms with E-state index in [9.17, 15) is 8.42 Å². The molecule has 0 radical (unpaired) electrons. The largest absolute Gasteiger partial charge is 0.354 e. The zero-order valence-electron chi connectivity index (χ0n) is 12.5. The minimum absolute atomic E-state index is 0.169. The maximum Gasteiger partial charge on any atom is 0.243 e. The zero-order chi connectivity index (χ0) is 16.3. The fourth-order valence-corrected chi connectivity index (χ4v) is 4.04. The van der Waals surface area contributed by atoms with E-state index in [0.717, 1.165) is 5.82 Å². The molecule has 3 rings (SSSR count). The summed E-state index contributed by atoms with van der Waals surface area (Å²) in [7, 11) is -3.57. The van der Waals surface area contributed by atoms with Gasteiger partial charge in [0.05, 0.1) is 16.5 Å². The van der Waals surface area contributed by atoms with Crippen molar-refractivity contribution in [2.75, 3.05) is 31.1 Å². The smallest absolute Gasteiger partial charge is 0.243 e. The third-order valence-electron chi connectivity index (χ3n) is 3.81. The Hall–Kier alpha value is -2.43. The van der Waals surface area contributed by atoms with E-state index in [1.807, 2.05) is 24.3 Å². The predicted molar refractivity (Wildman–Crippen MR) is 86.4 cm³/mol. The van der Waals surface area contributed by atoms with Crippen molar-refractivity contribution in [3.8, 4) is 6.07 Å². The van der Waals surface area contributed by atoms with Crippen LogP contribution in [-0.2, 0) is 10.0 Å². The van der Waals surface area contributed by atoms with Crippen LogP contribution in [0.15, 0.2) is 53.6 Å². The minimum atomic E-state index is -3.57. The van der Waals surface area contributed by atoms with E-state index in [1.165, 1.54) is 16.4 Å². The first-order chi connectivity index (χ1) is 11.1. The zero-order valence-corrected chi connectivity index (χ0v) is 13.3. The Morgan fingerprint density at radius 3 is 2.48 bits per heavy atom.